The fourth-order valence-electron chi connectivity index (χ4n) is 3.31. The molecule has 6 nitrogen and oxygen atoms in total. The molecule has 0 bridgehead atoms. The van der Waals surface area contributed by atoms with E-state index < -0.39 is 15.9 Å². The van der Waals surface area contributed by atoms with Crippen molar-refractivity contribution in [2.24, 2.45) is 5.92 Å². The minimum absolute atomic E-state index is 0.208. The SMILES string of the molecule is COc1c(Cl)cc(C(=O)Nc2ccc(S(=O)(=O)N3CCCC(C)C3)cc2)cc1Cl. The molecule has 29 heavy (non-hydrogen) atoms. The Labute approximate surface area is 180 Å². The maximum absolute atomic E-state index is 12.8. The van der Waals surface area contributed by atoms with E-state index in [4.69, 9.17) is 27.9 Å². The maximum atomic E-state index is 12.8. The number of piperidine rings is 1. The van der Waals surface area contributed by atoms with Gasteiger partial charge in [0.15, 0.2) is 5.75 Å². The second-order valence-corrected chi connectivity index (χ2v) is 9.81. The van der Waals surface area contributed by atoms with Gasteiger partial charge < -0.3 is 10.1 Å². The van der Waals surface area contributed by atoms with E-state index in [1.165, 1.54) is 35.7 Å². The topological polar surface area (TPSA) is 75.7 Å². The predicted octanol–water partition coefficient (Wildman–Crippen LogP) is 4.67. The average Bonchev–Trinajstić information content (AvgIpc) is 2.68. The molecule has 3 rings (SSSR count). The van der Waals surface area contributed by atoms with Crippen LogP contribution in [0.3, 0.4) is 0 Å². The van der Waals surface area contributed by atoms with Crippen molar-refractivity contribution in [1.82, 2.24) is 4.31 Å². The third kappa shape index (κ3) is 4.86. The number of carbonyl (C=O) groups is 1. The number of amides is 1. The van der Waals surface area contributed by atoms with E-state index in [0.29, 0.717) is 30.4 Å². The van der Waals surface area contributed by atoms with Gasteiger partial charge in [0.25, 0.3) is 5.91 Å². The number of sulfonamides is 1. The summed E-state index contributed by atoms with van der Waals surface area (Å²) in [5, 5.41) is 3.16. The Balaban J connectivity index is 1.74. The van der Waals surface area contributed by atoms with Gasteiger partial charge in [-0.25, -0.2) is 8.42 Å². The van der Waals surface area contributed by atoms with Crippen LogP contribution in [0.2, 0.25) is 10.0 Å². The maximum Gasteiger partial charge on any atom is 0.255 e. The van der Waals surface area contributed by atoms with Gasteiger partial charge in [-0.15, -0.1) is 0 Å². The molecule has 2 aromatic carbocycles. The zero-order chi connectivity index (χ0) is 21.2. The number of nitrogens with zero attached hydrogens (tertiary/aromatic N) is 1. The Morgan fingerprint density at radius 3 is 2.34 bits per heavy atom. The van der Waals surface area contributed by atoms with Crippen molar-refractivity contribution in [1.29, 1.82) is 0 Å². The van der Waals surface area contributed by atoms with Gasteiger partial charge in [-0.2, -0.15) is 4.31 Å². The van der Waals surface area contributed by atoms with Crippen LogP contribution in [0.1, 0.15) is 30.1 Å². The zero-order valence-electron chi connectivity index (χ0n) is 16.1. The first-order valence-corrected chi connectivity index (χ1v) is 11.4. The van der Waals surface area contributed by atoms with E-state index in [-0.39, 0.29) is 20.5 Å². The summed E-state index contributed by atoms with van der Waals surface area (Å²) in [6.07, 6.45) is 1.90. The smallest absolute Gasteiger partial charge is 0.255 e. The molecule has 1 aliphatic rings. The number of nitrogens with one attached hydrogen (secondary N) is 1. The summed E-state index contributed by atoms with van der Waals surface area (Å²) in [5.41, 5.74) is 0.726. The third-order valence-electron chi connectivity index (χ3n) is 4.83. The molecule has 1 aliphatic heterocycles. The van der Waals surface area contributed by atoms with Crippen LogP contribution in [-0.4, -0.2) is 38.8 Å². The van der Waals surface area contributed by atoms with Crippen LogP contribution in [0.5, 0.6) is 5.75 Å². The van der Waals surface area contributed by atoms with Gasteiger partial charge in [0.2, 0.25) is 10.0 Å². The predicted molar refractivity (Wildman–Crippen MR) is 115 cm³/mol. The molecule has 1 atom stereocenters. The Morgan fingerprint density at radius 2 is 1.79 bits per heavy atom. The lowest BCUT2D eigenvalue weighted by Gasteiger charge is -2.30. The number of hydrogen-bond acceptors (Lipinski definition) is 4. The van der Waals surface area contributed by atoms with Gasteiger partial charge in [0, 0.05) is 24.3 Å². The monoisotopic (exact) mass is 456 g/mol. The molecule has 0 saturated carbocycles. The van der Waals surface area contributed by atoms with Crippen molar-refractivity contribution in [2.45, 2.75) is 24.7 Å². The van der Waals surface area contributed by atoms with Crippen molar-refractivity contribution >= 4 is 44.8 Å². The Kier molecular flexibility index (Phi) is 6.73. The van der Waals surface area contributed by atoms with Crippen LogP contribution in [0.4, 0.5) is 5.69 Å². The Bertz CT molecular complexity index is 987. The van der Waals surface area contributed by atoms with E-state index in [1.54, 1.807) is 12.1 Å². The first kappa shape index (κ1) is 21.9. The molecule has 156 valence electrons. The number of methoxy groups -OCH3 is 1. The lowest BCUT2D eigenvalue weighted by atomic mass is 10.0. The van der Waals surface area contributed by atoms with Gasteiger partial charge >= 0.3 is 0 Å². The minimum atomic E-state index is -3.54. The molecule has 1 amide bonds. The summed E-state index contributed by atoms with van der Waals surface area (Å²) in [4.78, 5) is 12.7. The normalized spacial score (nSPS) is 17.7. The highest BCUT2D eigenvalue weighted by molar-refractivity contribution is 7.89. The van der Waals surface area contributed by atoms with Crippen LogP contribution >= 0.6 is 23.2 Å². The van der Waals surface area contributed by atoms with Crippen molar-refractivity contribution in [2.75, 3.05) is 25.5 Å². The van der Waals surface area contributed by atoms with Gasteiger partial charge in [-0.05, 0) is 55.2 Å². The number of carbonyl (C=O) groups excluding carboxylic acids is 1. The van der Waals surface area contributed by atoms with Crippen LogP contribution in [0.25, 0.3) is 0 Å². The molecule has 0 aromatic heterocycles. The molecular weight excluding hydrogens is 435 g/mol. The molecule has 2 aromatic rings. The van der Waals surface area contributed by atoms with Crippen LogP contribution in [-0.2, 0) is 10.0 Å². The van der Waals surface area contributed by atoms with Crippen LogP contribution in [0.15, 0.2) is 41.3 Å². The molecule has 0 spiro atoms. The third-order valence-corrected chi connectivity index (χ3v) is 7.28. The fourth-order valence-corrected chi connectivity index (χ4v) is 5.55. The van der Waals surface area contributed by atoms with E-state index in [9.17, 15) is 13.2 Å². The molecule has 0 aliphatic carbocycles. The zero-order valence-corrected chi connectivity index (χ0v) is 18.4. The van der Waals surface area contributed by atoms with E-state index in [1.807, 2.05) is 0 Å². The standard InChI is InChI=1S/C20H22Cl2N2O4S/c1-13-4-3-9-24(12-13)29(26,27)16-7-5-15(6-8-16)23-20(25)14-10-17(21)19(28-2)18(22)11-14/h5-8,10-11,13H,3-4,9,12H2,1-2H3,(H,23,25). The summed E-state index contributed by atoms with van der Waals surface area (Å²) >= 11 is 12.2. The van der Waals surface area contributed by atoms with E-state index >= 15 is 0 Å². The highest BCUT2D eigenvalue weighted by Gasteiger charge is 2.28. The molecule has 1 saturated heterocycles. The lowest BCUT2D eigenvalue weighted by molar-refractivity contribution is 0.102. The van der Waals surface area contributed by atoms with Gasteiger partial charge in [0.05, 0.1) is 22.1 Å². The van der Waals surface area contributed by atoms with E-state index in [0.717, 1.165) is 12.8 Å². The summed E-state index contributed by atoms with van der Waals surface area (Å²) < 4.78 is 32.2. The fraction of sp³-hybridized carbons (Fsp3) is 0.350. The lowest BCUT2D eigenvalue weighted by Crippen LogP contribution is -2.39. The van der Waals surface area contributed by atoms with Crippen molar-refractivity contribution in [3.63, 3.8) is 0 Å². The molecule has 0 radical (unpaired) electrons. The summed E-state index contributed by atoms with van der Waals surface area (Å²) in [7, 11) is -2.10. The quantitative estimate of drug-likeness (QED) is 0.708. The summed E-state index contributed by atoms with van der Waals surface area (Å²) in [6, 6.07) is 9.03. The van der Waals surface area contributed by atoms with Crippen molar-refractivity contribution in [3.8, 4) is 5.75 Å². The molecular formula is C20H22Cl2N2O4S. The number of rotatable bonds is 5. The second-order valence-electron chi connectivity index (χ2n) is 7.06. The highest BCUT2D eigenvalue weighted by Crippen LogP contribution is 2.34. The first-order valence-electron chi connectivity index (χ1n) is 9.17. The average molecular weight is 457 g/mol. The molecule has 1 heterocycles. The molecule has 1 unspecified atom stereocenters. The van der Waals surface area contributed by atoms with Gasteiger partial charge in [0.1, 0.15) is 0 Å². The van der Waals surface area contributed by atoms with E-state index in [2.05, 4.69) is 12.2 Å². The van der Waals surface area contributed by atoms with Crippen LogP contribution < -0.4 is 10.1 Å². The number of halogens is 2. The summed E-state index contributed by atoms with van der Waals surface area (Å²) in [6.45, 7) is 3.11. The van der Waals surface area contributed by atoms with Crippen molar-refractivity contribution in [3.05, 3.63) is 52.0 Å². The Morgan fingerprint density at radius 1 is 1.17 bits per heavy atom. The number of ether oxygens (including phenoxy) is 1. The van der Waals surface area contributed by atoms with Gasteiger partial charge in [-0.1, -0.05) is 30.1 Å². The highest BCUT2D eigenvalue weighted by atomic mass is 35.5. The largest absolute Gasteiger partial charge is 0.494 e. The summed E-state index contributed by atoms with van der Waals surface area (Å²) in [5.74, 6) is 0.226. The Hall–Kier alpha value is -1.80. The van der Waals surface area contributed by atoms with Gasteiger partial charge in [-0.3, -0.25) is 4.79 Å². The molecule has 1 N–H and O–H groups in total. The number of benzene rings is 2. The second kappa shape index (κ2) is 8.92. The number of hydrogen-bond donors (Lipinski definition) is 1. The molecule has 1 fully saturated rings. The number of anilines is 1. The first-order chi connectivity index (χ1) is 13.7. The molecule has 9 heteroatoms. The van der Waals surface area contributed by atoms with Crippen LogP contribution in [0, 0.1) is 5.92 Å². The minimum Gasteiger partial charge on any atom is -0.494 e. The van der Waals surface area contributed by atoms with Crippen molar-refractivity contribution < 1.29 is 17.9 Å².